The molecule has 2 heterocycles. The predicted molar refractivity (Wildman–Crippen MR) is 72.6 cm³/mol. The van der Waals surface area contributed by atoms with Gasteiger partial charge in [-0.2, -0.15) is 0 Å². The van der Waals surface area contributed by atoms with Crippen LogP contribution in [-0.4, -0.2) is 28.1 Å². The molecule has 6 nitrogen and oxygen atoms in total. The van der Waals surface area contributed by atoms with E-state index >= 15 is 0 Å². The molecule has 2 aromatic heterocycles. The van der Waals surface area contributed by atoms with E-state index in [-0.39, 0.29) is 11.6 Å². The summed E-state index contributed by atoms with van der Waals surface area (Å²) in [6.07, 6.45) is 1.76. The van der Waals surface area contributed by atoms with Gasteiger partial charge in [0.15, 0.2) is 0 Å². The molecule has 0 amide bonds. The molecule has 2 rings (SSSR count). The molecular weight excluding hydrogens is 280 g/mol. The van der Waals surface area contributed by atoms with Gasteiger partial charge in [-0.05, 0) is 19.1 Å². The number of carbonyl (C=O) groups is 2. The lowest BCUT2D eigenvalue weighted by atomic mass is 10.4. The van der Waals surface area contributed by atoms with Gasteiger partial charge in [-0.1, -0.05) is 0 Å². The van der Waals surface area contributed by atoms with E-state index in [1.165, 1.54) is 11.3 Å². The summed E-state index contributed by atoms with van der Waals surface area (Å²) in [7, 11) is 1.76. The Bertz CT molecular complexity index is 617. The third kappa shape index (κ3) is 3.24. The van der Waals surface area contributed by atoms with Gasteiger partial charge in [0.05, 0.1) is 12.3 Å². The van der Waals surface area contributed by atoms with Crippen LogP contribution in [0.4, 0.5) is 0 Å². The van der Waals surface area contributed by atoms with Crippen molar-refractivity contribution in [1.82, 2.24) is 9.55 Å². The number of rotatable bonds is 5. The zero-order chi connectivity index (χ0) is 14.5. The molecule has 0 aliphatic carbocycles. The number of nitrogens with zero attached hydrogens (tertiary/aromatic N) is 2. The molecule has 0 aromatic carbocycles. The van der Waals surface area contributed by atoms with E-state index in [0.29, 0.717) is 18.0 Å². The van der Waals surface area contributed by atoms with Crippen molar-refractivity contribution in [3.63, 3.8) is 0 Å². The summed E-state index contributed by atoms with van der Waals surface area (Å²) >= 11 is 1.17. The van der Waals surface area contributed by atoms with Crippen LogP contribution in [0.3, 0.4) is 0 Å². The van der Waals surface area contributed by atoms with E-state index in [2.05, 4.69) is 4.98 Å². The van der Waals surface area contributed by atoms with Crippen LogP contribution in [0.5, 0.6) is 0 Å². The molecule has 7 heteroatoms. The summed E-state index contributed by atoms with van der Waals surface area (Å²) in [5.74, 6) is -0.888. The van der Waals surface area contributed by atoms with Crippen molar-refractivity contribution in [2.75, 3.05) is 6.61 Å². The molecule has 0 radical (unpaired) electrons. The minimum atomic E-state index is -0.461. The summed E-state index contributed by atoms with van der Waals surface area (Å²) in [5, 5.41) is 1.93. The molecule has 0 saturated heterocycles. The highest BCUT2D eigenvalue weighted by atomic mass is 32.1. The first-order valence-corrected chi connectivity index (χ1v) is 6.89. The van der Waals surface area contributed by atoms with Gasteiger partial charge in [-0.3, -0.25) is 0 Å². The molecule has 0 N–H and O–H groups in total. The van der Waals surface area contributed by atoms with Gasteiger partial charge >= 0.3 is 11.9 Å². The number of ether oxygens (including phenoxy) is 2. The van der Waals surface area contributed by atoms with Gasteiger partial charge in [-0.25, -0.2) is 14.6 Å². The van der Waals surface area contributed by atoms with Crippen LogP contribution in [0.15, 0.2) is 23.7 Å². The lowest BCUT2D eigenvalue weighted by Gasteiger charge is -2.03. The maximum absolute atomic E-state index is 11.8. The summed E-state index contributed by atoms with van der Waals surface area (Å²) in [6, 6.07) is 3.44. The van der Waals surface area contributed by atoms with E-state index in [4.69, 9.17) is 9.47 Å². The predicted octanol–water partition coefficient (Wildman–Crippen LogP) is 2.02. The molecule has 0 aliphatic heterocycles. The van der Waals surface area contributed by atoms with E-state index < -0.39 is 11.9 Å². The Morgan fingerprint density at radius 2 is 2.15 bits per heavy atom. The van der Waals surface area contributed by atoms with Gasteiger partial charge in [0, 0.05) is 18.6 Å². The van der Waals surface area contributed by atoms with Gasteiger partial charge in [0.2, 0.25) is 5.01 Å². The molecule has 0 aliphatic rings. The van der Waals surface area contributed by atoms with Crippen LogP contribution < -0.4 is 0 Å². The van der Waals surface area contributed by atoms with Crippen molar-refractivity contribution >= 4 is 23.3 Å². The first-order chi connectivity index (χ1) is 9.61. The first-order valence-electron chi connectivity index (χ1n) is 6.01. The zero-order valence-electron chi connectivity index (χ0n) is 11.2. The Morgan fingerprint density at radius 3 is 2.80 bits per heavy atom. The molecule has 20 heavy (non-hydrogen) atoms. The molecule has 0 atom stereocenters. The van der Waals surface area contributed by atoms with Crippen molar-refractivity contribution < 1.29 is 19.1 Å². The quantitative estimate of drug-likeness (QED) is 0.789. The van der Waals surface area contributed by atoms with Crippen LogP contribution in [0.2, 0.25) is 0 Å². The number of hydrogen-bond donors (Lipinski definition) is 0. The van der Waals surface area contributed by atoms with E-state index in [1.54, 1.807) is 42.2 Å². The fourth-order valence-corrected chi connectivity index (χ4v) is 2.24. The minimum Gasteiger partial charge on any atom is -0.461 e. The number of aromatic nitrogens is 2. The average molecular weight is 294 g/mol. The van der Waals surface area contributed by atoms with Crippen molar-refractivity contribution in [3.05, 3.63) is 40.1 Å². The highest BCUT2D eigenvalue weighted by Gasteiger charge is 2.14. The second-order valence-electron chi connectivity index (χ2n) is 3.94. The fraction of sp³-hybridized carbons (Fsp3) is 0.308. The molecule has 106 valence electrons. The normalized spacial score (nSPS) is 10.3. The number of esters is 2. The maximum atomic E-state index is 11.8. The van der Waals surface area contributed by atoms with Crippen LogP contribution in [-0.2, 0) is 23.1 Å². The van der Waals surface area contributed by atoms with Gasteiger partial charge in [0.1, 0.15) is 12.3 Å². The van der Waals surface area contributed by atoms with Crippen molar-refractivity contribution in [2.45, 2.75) is 13.5 Å². The third-order valence-electron chi connectivity index (χ3n) is 2.51. The monoisotopic (exact) mass is 294 g/mol. The van der Waals surface area contributed by atoms with Crippen LogP contribution >= 0.6 is 11.3 Å². The highest BCUT2D eigenvalue weighted by Crippen LogP contribution is 2.13. The van der Waals surface area contributed by atoms with Crippen LogP contribution in [0.1, 0.15) is 32.9 Å². The van der Waals surface area contributed by atoms with Crippen LogP contribution in [0, 0.1) is 0 Å². The number of thiazole rings is 1. The Morgan fingerprint density at radius 1 is 1.35 bits per heavy atom. The molecule has 0 bridgehead atoms. The van der Waals surface area contributed by atoms with Gasteiger partial charge in [-0.15, -0.1) is 11.3 Å². The molecule has 2 aromatic rings. The number of hydrogen-bond acceptors (Lipinski definition) is 6. The largest absolute Gasteiger partial charge is 0.461 e. The first kappa shape index (κ1) is 14.3. The minimum absolute atomic E-state index is 0.0277. The summed E-state index contributed by atoms with van der Waals surface area (Å²) < 4.78 is 11.7. The highest BCUT2D eigenvalue weighted by molar-refractivity contribution is 7.11. The number of aryl methyl sites for hydroxylation is 1. The zero-order valence-corrected chi connectivity index (χ0v) is 12.0. The van der Waals surface area contributed by atoms with Gasteiger partial charge < -0.3 is 14.0 Å². The second kappa shape index (κ2) is 6.33. The molecule has 0 fully saturated rings. The van der Waals surface area contributed by atoms with Gasteiger partial charge in [0.25, 0.3) is 0 Å². The second-order valence-corrected chi connectivity index (χ2v) is 4.80. The molecule has 0 unspecified atom stereocenters. The summed E-state index contributed by atoms with van der Waals surface area (Å²) in [5.41, 5.74) is 0.992. The molecule has 0 spiro atoms. The van der Waals surface area contributed by atoms with Crippen molar-refractivity contribution in [2.24, 2.45) is 7.05 Å². The maximum Gasteiger partial charge on any atom is 0.367 e. The van der Waals surface area contributed by atoms with Crippen molar-refractivity contribution in [3.8, 4) is 0 Å². The van der Waals surface area contributed by atoms with Crippen LogP contribution in [0.25, 0.3) is 0 Å². The summed E-state index contributed by atoms with van der Waals surface area (Å²) in [4.78, 5) is 27.3. The lowest BCUT2D eigenvalue weighted by molar-refractivity contribution is 0.0457. The molecule has 0 saturated carbocycles. The smallest absolute Gasteiger partial charge is 0.367 e. The van der Waals surface area contributed by atoms with Crippen molar-refractivity contribution in [1.29, 1.82) is 0 Å². The SMILES string of the molecule is CCOC(=O)c1nc(COC(=O)c2cccn2C)cs1. The Labute approximate surface area is 120 Å². The Kier molecular flexibility index (Phi) is 4.52. The Hall–Kier alpha value is -2.15. The van der Waals surface area contributed by atoms with E-state index in [9.17, 15) is 9.59 Å². The summed E-state index contributed by atoms with van der Waals surface area (Å²) in [6.45, 7) is 2.06. The fourth-order valence-electron chi connectivity index (χ4n) is 1.55. The Balaban J connectivity index is 1.93. The molecular formula is C13H14N2O4S. The standard InChI is InChI=1S/C13H14N2O4S/c1-3-18-13(17)11-14-9(8-20-11)7-19-12(16)10-5-4-6-15(10)2/h4-6,8H,3,7H2,1-2H3. The third-order valence-corrected chi connectivity index (χ3v) is 3.38. The van der Waals surface area contributed by atoms with E-state index in [0.717, 1.165) is 0 Å². The van der Waals surface area contributed by atoms with E-state index in [1.807, 2.05) is 0 Å². The number of carbonyl (C=O) groups excluding carboxylic acids is 2. The lowest BCUT2D eigenvalue weighted by Crippen LogP contribution is -2.10. The topological polar surface area (TPSA) is 70.4 Å². The average Bonchev–Trinajstić information content (AvgIpc) is 3.05.